The highest BCUT2D eigenvalue weighted by molar-refractivity contribution is 5.26. The van der Waals surface area contributed by atoms with Crippen LogP contribution in [0.4, 0.5) is 0 Å². The zero-order valence-electron chi connectivity index (χ0n) is 7.25. The number of nitriles is 3. The van der Waals surface area contributed by atoms with Crippen LogP contribution in [0.2, 0.25) is 0 Å². The van der Waals surface area contributed by atoms with Crippen molar-refractivity contribution in [3.05, 3.63) is 0 Å². The van der Waals surface area contributed by atoms with Crippen molar-refractivity contribution in [2.45, 2.75) is 6.42 Å². The molecular formula is C8H11N5. The molecular weight excluding hydrogens is 166 g/mol. The van der Waals surface area contributed by atoms with Crippen molar-refractivity contribution in [3.8, 4) is 18.2 Å². The molecule has 0 aliphatic heterocycles. The van der Waals surface area contributed by atoms with E-state index in [0.29, 0.717) is 13.1 Å². The maximum Gasteiger partial charge on any atom is 0.240 e. The monoisotopic (exact) mass is 177 g/mol. The predicted molar refractivity (Wildman–Crippen MR) is 45.8 cm³/mol. The molecule has 13 heavy (non-hydrogen) atoms. The Morgan fingerprint density at radius 2 is 1.69 bits per heavy atom. The summed E-state index contributed by atoms with van der Waals surface area (Å²) in [5.74, 6) is 0. The van der Waals surface area contributed by atoms with Gasteiger partial charge in [0.15, 0.2) is 0 Å². The normalized spacial score (nSPS) is 9.69. The number of nitrogens with two attached hydrogens (primary N) is 1. The lowest BCUT2D eigenvalue weighted by atomic mass is 9.94. The predicted octanol–water partition coefficient (Wildman–Crippen LogP) is -0.518. The summed E-state index contributed by atoms with van der Waals surface area (Å²) in [5.41, 5.74) is 3.68. The molecule has 0 aromatic rings. The number of nitrogens with one attached hydrogen (secondary N) is 1. The first-order valence-corrected chi connectivity index (χ1v) is 3.89. The van der Waals surface area contributed by atoms with Crippen LogP contribution in [0.1, 0.15) is 6.42 Å². The van der Waals surface area contributed by atoms with E-state index in [1.54, 1.807) is 18.2 Å². The van der Waals surface area contributed by atoms with Crippen LogP contribution in [0.25, 0.3) is 0 Å². The summed E-state index contributed by atoms with van der Waals surface area (Å²) in [6, 6.07) is 5.03. The van der Waals surface area contributed by atoms with Crippen molar-refractivity contribution in [3.63, 3.8) is 0 Å². The van der Waals surface area contributed by atoms with Crippen molar-refractivity contribution in [2.75, 3.05) is 19.6 Å². The Bertz CT molecular complexity index is 228. The van der Waals surface area contributed by atoms with Gasteiger partial charge in [-0.1, -0.05) is 0 Å². The lowest BCUT2D eigenvalue weighted by Crippen LogP contribution is -2.32. The van der Waals surface area contributed by atoms with Gasteiger partial charge in [-0.3, -0.25) is 0 Å². The van der Waals surface area contributed by atoms with Gasteiger partial charge >= 0.3 is 0 Å². The molecule has 0 aliphatic carbocycles. The van der Waals surface area contributed by atoms with Crippen LogP contribution in [0, 0.1) is 39.4 Å². The van der Waals surface area contributed by atoms with E-state index in [-0.39, 0.29) is 6.54 Å². The van der Waals surface area contributed by atoms with E-state index in [2.05, 4.69) is 5.32 Å². The molecule has 0 bridgehead atoms. The first-order chi connectivity index (χ1) is 6.24. The summed E-state index contributed by atoms with van der Waals surface area (Å²) >= 11 is 0. The highest BCUT2D eigenvalue weighted by Crippen LogP contribution is 2.10. The number of hydrogen-bond donors (Lipinski definition) is 2. The van der Waals surface area contributed by atoms with E-state index < -0.39 is 5.41 Å². The molecule has 0 heterocycles. The maximum absolute atomic E-state index is 8.57. The Morgan fingerprint density at radius 1 is 1.15 bits per heavy atom. The van der Waals surface area contributed by atoms with Crippen LogP contribution in [-0.2, 0) is 0 Å². The fourth-order valence-electron chi connectivity index (χ4n) is 0.697. The second-order valence-electron chi connectivity index (χ2n) is 2.56. The summed E-state index contributed by atoms with van der Waals surface area (Å²) in [4.78, 5) is 0. The molecule has 0 saturated heterocycles. The summed E-state index contributed by atoms with van der Waals surface area (Å²) in [7, 11) is 0. The first kappa shape index (κ1) is 11.4. The van der Waals surface area contributed by atoms with Crippen LogP contribution in [0.3, 0.4) is 0 Å². The minimum Gasteiger partial charge on any atom is -0.330 e. The quantitative estimate of drug-likeness (QED) is 0.549. The molecule has 3 N–H and O–H groups in total. The summed E-state index contributed by atoms with van der Waals surface area (Å²) in [5, 5.41) is 28.6. The van der Waals surface area contributed by atoms with E-state index >= 15 is 0 Å². The maximum atomic E-state index is 8.57. The largest absolute Gasteiger partial charge is 0.330 e. The first-order valence-electron chi connectivity index (χ1n) is 3.89. The van der Waals surface area contributed by atoms with Crippen LogP contribution in [-0.4, -0.2) is 19.6 Å². The minimum absolute atomic E-state index is 0.0660. The third kappa shape index (κ3) is 3.53. The third-order valence-corrected chi connectivity index (χ3v) is 1.52. The van der Waals surface area contributed by atoms with E-state index in [9.17, 15) is 0 Å². The lowest BCUT2D eigenvalue weighted by Gasteiger charge is -2.09. The molecule has 0 amide bonds. The van der Waals surface area contributed by atoms with Crippen molar-refractivity contribution in [1.82, 2.24) is 5.32 Å². The van der Waals surface area contributed by atoms with E-state index in [4.69, 9.17) is 21.5 Å². The molecule has 0 atom stereocenters. The average Bonchev–Trinajstić information content (AvgIpc) is 2.20. The molecule has 0 radical (unpaired) electrons. The third-order valence-electron chi connectivity index (χ3n) is 1.52. The molecule has 0 aromatic heterocycles. The van der Waals surface area contributed by atoms with Gasteiger partial charge in [0.25, 0.3) is 0 Å². The summed E-state index contributed by atoms with van der Waals surface area (Å²) < 4.78 is 0. The highest BCUT2D eigenvalue weighted by atomic mass is 14.9. The average molecular weight is 177 g/mol. The fourth-order valence-corrected chi connectivity index (χ4v) is 0.697. The summed E-state index contributed by atoms with van der Waals surface area (Å²) in [6.45, 7) is 1.23. The van der Waals surface area contributed by atoms with Gasteiger partial charge in [-0.2, -0.15) is 15.8 Å². The van der Waals surface area contributed by atoms with Crippen molar-refractivity contribution in [2.24, 2.45) is 11.1 Å². The minimum atomic E-state index is -1.56. The van der Waals surface area contributed by atoms with Gasteiger partial charge in [-0.25, -0.2) is 0 Å². The molecule has 0 rings (SSSR count). The second-order valence-corrected chi connectivity index (χ2v) is 2.56. The van der Waals surface area contributed by atoms with Crippen molar-refractivity contribution in [1.29, 1.82) is 15.8 Å². The molecule has 0 fully saturated rings. The fraction of sp³-hybridized carbons (Fsp3) is 0.625. The van der Waals surface area contributed by atoms with Gasteiger partial charge in [0.1, 0.15) is 18.2 Å². The van der Waals surface area contributed by atoms with Gasteiger partial charge < -0.3 is 11.1 Å². The Balaban J connectivity index is 3.96. The molecule has 68 valence electrons. The zero-order chi connectivity index (χ0) is 10.2. The summed E-state index contributed by atoms with van der Waals surface area (Å²) in [6.07, 6.45) is 0.762. The molecule has 0 aliphatic rings. The molecule has 5 nitrogen and oxygen atoms in total. The number of nitrogens with zero attached hydrogens (tertiary/aromatic N) is 3. The molecule has 0 unspecified atom stereocenters. The smallest absolute Gasteiger partial charge is 0.240 e. The molecule has 5 heteroatoms. The van der Waals surface area contributed by atoms with Gasteiger partial charge in [0.2, 0.25) is 5.41 Å². The standard InChI is InChI=1S/C8H11N5/c9-2-1-3-13-7-8(4-10,5-11)6-12/h13H,1-3,7,9H2. The van der Waals surface area contributed by atoms with E-state index in [1.165, 1.54) is 0 Å². The SMILES string of the molecule is N#CC(C#N)(C#N)CNCCCN. The molecule has 0 aromatic carbocycles. The van der Waals surface area contributed by atoms with E-state index in [1.807, 2.05) is 0 Å². The van der Waals surface area contributed by atoms with Gasteiger partial charge in [-0.15, -0.1) is 0 Å². The number of hydrogen-bond acceptors (Lipinski definition) is 5. The zero-order valence-corrected chi connectivity index (χ0v) is 7.25. The Labute approximate surface area is 77.4 Å². The molecule has 0 spiro atoms. The van der Waals surface area contributed by atoms with Crippen LogP contribution >= 0.6 is 0 Å². The second kappa shape index (κ2) is 5.97. The van der Waals surface area contributed by atoms with Gasteiger partial charge in [-0.05, 0) is 19.5 Å². The topological polar surface area (TPSA) is 109 Å². The van der Waals surface area contributed by atoms with Gasteiger partial charge in [0, 0.05) is 6.54 Å². The Morgan fingerprint density at radius 3 is 2.08 bits per heavy atom. The Kier molecular flexibility index (Phi) is 5.23. The lowest BCUT2D eigenvalue weighted by molar-refractivity contribution is 0.556. The Hall–Kier alpha value is -1.61. The molecule has 0 saturated carbocycles. The van der Waals surface area contributed by atoms with Crippen molar-refractivity contribution >= 4 is 0 Å². The van der Waals surface area contributed by atoms with Crippen molar-refractivity contribution < 1.29 is 0 Å². The van der Waals surface area contributed by atoms with E-state index in [0.717, 1.165) is 6.42 Å². The number of rotatable bonds is 5. The highest BCUT2D eigenvalue weighted by Gasteiger charge is 2.29. The van der Waals surface area contributed by atoms with Crippen LogP contribution < -0.4 is 11.1 Å². The van der Waals surface area contributed by atoms with Gasteiger partial charge in [0.05, 0.1) is 0 Å². The van der Waals surface area contributed by atoms with Crippen LogP contribution in [0.5, 0.6) is 0 Å². The van der Waals surface area contributed by atoms with Crippen LogP contribution in [0.15, 0.2) is 0 Å².